The van der Waals surface area contributed by atoms with E-state index in [1.807, 2.05) is 36.4 Å². The third-order valence-corrected chi connectivity index (χ3v) is 1.80. The Kier molecular flexibility index (Phi) is 3.93. The summed E-state index contributed by atoms with van der Waals surface area (Å²) in [5.74, 6) is 0. The molecule has 1 rings (SSSR count). The molecule has 0 saturated carbocycles. The van der Waals surface area contributed by atoms with Crippen LogP contribution in [0, 0.1) is 0 Å². The van der Waals surface area contributed by atoms with Crippen LogP contribution >= 0.6 is 0 Å². The molecule has 0 bridgehead atoms. The van der Waals surface area contributed by atoms with Crippen molar-refractivity contribution in [1.82, 2.24) is 0 Å². The number of aldehydes is 1. The van der Waals surface area contributed by atoms with Crippen molar-refractivity contribution in [3.8, 4) is 0 Å². The number of hydrogen-bond donors (Lipinski definition) is 1. The zero-order valence-electron chi connectivity index (χ0n) is 7.44. The summed E-state index contributed by atoms with van der Waals surface area (Å²) in [7, 11) is 0. The van der Waals surface area contributed by atoms with Gasteiger partial charge < -0.3 is 10.5 Å². The molecular weight excluding hydrogens is 162 g/mol. The Morgan fingerprint density at radius 3 is 2.77 bits per heavy atom. The molecule has 0 spiro atoms. The van der Waals surface area contributed by atoms with Gasteiger partial charge in [-0.2, -0.15) is 0 Å². The lowest BCUT2D eigenvalue weighted by atomic mass is 10.1. The number of carbonyl (C=O) groups is 1. The van der Waals surface area contributed by atoms with E-state index < -0.39 is 0 Å². The van der Waals surface area contributed by atoms with E-state index in [0.29, 0.717) is 13.0 Å². The second kappa shape index (κ2) is 5.27. The molecule has 0 saturated heterocycles. The van der Waals surface area contributed by atoms with Crippen LogP contribution < -0.4 is 5.73 Å². The number of allylic oxidation sites excluding steroid dienone is 1. The zero-order chi connectivity index (χ0) is 9.52. The van der Waals surface area contributed by atoms with Gasteiger partial charge in [-0.3, -0.25) is 0 Å². The fourth-order valence-corrected chi connectivity index (χ4v) is 1.13. The van der Waals surface area contributed by atoms with Gasteiger partial charge in [0.15, 0.2) is 0 Å². The average molecular weight is 175 g/mol. The van der Waals surface area contributed by atoms with E-state index >= 15 is 0 Å². The predicted molar refractivity (Wildman–Crippen MR) is 54.0 cm³/mol. The van der Waals surface area contributed by atoms with Crippen LogP contribution in [-0.4, -0.2) is 6.29 Å². The molecule has 0 atom stereocenters. The van der Waals surface area contributed by atoms with Crippen LogP contribution in [0.5, 0.6) is 0 Å². The van der Waals surface area contributed by atoms with Gasteiger partial charge in [0.2, 0.25) is 0 Å². The van der Waals surface area contributed by atoms with Crippen molar-refractivity contribution >= 4 is 12.4 Å². The summed E-state index contributed by atoms with van der Waals surface area (Å²) in [6, 6.07) is 7.89. The van der Waals surface area contributed by atoms with E-state index in [4.69, 9.17) is 5.73 Å². The molecule has 2 heteroatoms. The molecule has 0 unspecified atom stereocenters. The lowest BCUT2D eigenvalue weighted by molar-refractivity contribution is -0.107. The van der Waals surface area contributed by atoms with Crippen LogP contribution in [0.3, 0.4) is 0 Å². The SMILES string of the molecule is NCc1ccccc1C=CCC=O. The molecule has 68 valence electrons. The smallest absolute Gasteiger partial charge is 0.123 e. The van der Waals surface area contributed by atoms with Gasteiger partial charge in [0.25, 0.3) is 0 Å². The van der Waals surface area contributed by atoms with Crippen LogP contribution in [0.15, 0.2) is 30.3 Å². The first-order valence-electron chi connectivity index (χ1n) is 4.26. The standard InChI is InChI=1S/C11H13NO/c12-9-11-7-2-1-5-10(11)6-3-4-8-13/h1-3,5-8H,4,9,12H2. The minimum Gasteiger partial charge on any atom is -0.326 e. The normalized spacial score (nSPS) is 10.5. The average Bonchev–Trinajstić information content (AvgIpc) is 2.19. The quantitative estimate of drug-likeness (QED) is 0.708. The minimum absolute atomic E-state index is 0.457. The minimum atomic E-state index is 0.457. The Hall–Kier alpha value is -1.41. The lowest BCUT2D eigenvalue weighted by Gasteiger charge is -2.00. The molecular formula is C11H13NO. The topological polar surface area (TPSA) is 43.1 Å². The summed E-state index contributed by atoms with van der Waals surface area (Å²) in [6.45, 7) is 0.529. The van der Waals surface area contributed by atoms with E-state index in [-0.39, 0.29) is 0 Å². The third-order valence-electron chi connectivity index (χ3n) is 1.80. The van der Waals surface area contributed by atoms with Gasteiger partial charge in [0.05, 0.1) is 0 Å². The number of nitrogens with two attached hydrogens (primary N) is 1. The molecule has 0 aromatic heterocycles. The van der Waals surface area contributed by atoms with Crippen LogP contribution in [0.25, 0.3) is 6.08 Å². The van der Waals surface area contributed by atoms with Gasteiger partial charge in [-0.1, -0.05) is 36.4 Å². The molecule has 1 aromatic rings. The van der Waals surface area contributed by atoms with E-state index in [0.717, 1.165) is 17.4 Å². The Labute approximate surface area is 78.1 Å². The molecule has 13 heavy (non-hydrogen) atoms. The Balaban J connectivity index is 2.80. The zero-order valence-corrected chi connectivity index (χ0v) is 7.44. The predicted octanol–water partition coefficient (Wildman–Crippen LogP) is 1.75. The van der Waals surface area contributed by atoms with Gasteiger partial charge in [0, 0.05) is 13.0 Å². The van der Waals surface area contributed by atoms with Gasteiger partial charge in [-0.15, -0.1) is 0 Å². The van der Waals surface area contributed by atoms with Gasteiger partial charge >= 0.3 is 0 Å². The second-order valence-electron chi connectivity index (χ2n) is 2.71. The molecule has 0 radical (unpaired) electrons. The summed E-state index contributed by atoms with van der Waals surface area (Å²) in [5.41, 5.74) is 7.74. The first-order valence-corrected chi connectivity index (χ1v) is 4.26. The van der Waals surface area contributed by atoms with Crippen molar-refractivity contribution in [1.29, 1.82) is 0 Å². The highest BCUT2D eigenvalue weighted by Crippen LogP contribution is 2.09. The number of rotatable bonds is 4. The molecule has 0 fully saturated rings. The molecule has 2 N–H and O–H groups in total. The maximum atomic E-state index is 10.1. The fourth-order valence-electron chi connectivity index (χ4n) is 1.13. The summed E-state index contributed by atoms with van der Waals surface area (Å²) >= 11 is 0. The number of benzene rings is 1. The highest BCUT2D eigenvalue weighted by molar-refractivity contribution is 5.59. The highest BCUT2D eigenvalue weighted by Gasteiger charge is 1.93. The summed E-state index contributed by atoms with van der Waals surface area (Å²) in [4.78, 5) is 10.1. The van der Waals surface area contributed by atoms with Crippen LogP contribution in [0.2, 0.25) is 0 Å². The largest absolute Gasteiger partial charge is 0.326 e. The fraction of sp³-hybridized carbons (Fsp3) is 0.182. The Morgan fingerprint density at radius 2 is 2.08 bits per heavy atom. The van der Waals surface area contributed by atoms with Gasteiger partial charge in [-0.25, -0.2) is 0 Å². The van der Waals surface area contributed by atoms with Crippen molar-refractivity contribution in [3.63, 3.8) is 0 Å². The van der Waals surface area contributed by atoms with Crippen molar-refractivity contribution in [2.75, 3.05) is 0 Å². The maximum absolute atomic E-state index is 10.1. The third kappa shape index (κ3) is 2.84. The second-order valence-corrected chi connectivity index (χ2v) is 2.71. The first kappa shape index (κ1) is 9.68. The molecule has 0 aliphatic rings. The van der Waals surface area contributed by atoms with Gasteiger partial charge in [-0.05, 0) is 11.1 Å². The van der Waals surface area contributed by atoms with E-state index in [2.05, 4.69) is 0 Å². The van der Waals surface area contributed by atoms with Crippen LogP contribution in [0.1, 0.15) is 17.5 Å². The van der Waals surface area contributed by atoms with Crippen LogP contribution in [-0.2, 0) is 11.3 Å². The van der Waals surface area contributed by atoms with Crippen molar-refractivity contribution in [2.45, 2.75) is 13.0 Å². The van der Waals surface area contributed by atoms with Crippen LogP contribution in [0.4, 0.5) is 0 Å². The monoisotopic (exact) mass is 175 g/mol. The van der Waals surface area contributed by atoms with E-state index in [1.165, 1.54) is 0 Å². The molecule has 0 aliphatic carbocycles. The highest BCUT2D eigenvalue weighted by atomic mass is 16.1. The maximum Gasteiger partial charge on any atom is 0.123 e. The molecule has 2 nitrogen and oxygen atoms in total. The van der Waals surface area contributed by atoms with Crippen molar-refractivity contribution < 1.29 is 4.79 Å². The summed E-state index contributed by atoms with van der Waals surface area (Å²) in [6.07, 6.45) is 5.10. The van der Waals surface area contributed by atoms with Crippen molar-refractivity contribution in [2.24, 2.45) is 5.73 Å². The molecule has 1 aromatic carbocycles. The molecule has 0 heterocycles. The van der Waals surface area contributed by atoms with Gasteiger partial charge in [0.1, 0.15) is 6.29 Å². The Bertz CT molecular complexity index is 305. The number of carbonyl (C=O) groups excluding carboxylic acids is 1. The lowest BCUT2D eigenvalue weighted by Crippen LogP contribution is -1.98. The Morgan fingerprint density at radius 1 is 1.31 bits per heavy atom. The van der Waals surface area contributed by atoms with E-state index in [1.54, 1.807) is 0 Å². The summed E-state index contributed by atoms with van der Waals surface area (Å²) < 4.78 is 0. The molecule has 0 aliphatic heterocycles. The van der Waals surface area contributed by atoms with E-state index in [9.17, 15) is 4.79 Å². The first-order chi connectivity index (χ1) is 6.38. The summed E-state index contributed by atoms with van der Waals surface area (Å²) in [5, 5.41) is 0. The molecule has 0 amide bonds. The van der Waals surface area contributed by atoms with Crippen molar-refractivity contribution in [3.05, 3.63) is 41.5 Å². The number of hydrogen-bond acceptors (Lipinski definition) is 2.